The van der Waals surface area contributed by atoms with Gasteiger partial charge in [-0.05, 0) is 37.5 Å². The Balaban J connectivity index is 2.38. The van der Waals surface area contributed by atoms with Crippen LogP contribution in [0.1, 0.15) is 30.9 Å². The number of terminal acetylenes is 1. The van der Waals surface area contributed by atoms with Gasteiger partial charge in [-0.2, -0.15) is 0 Å². The Bertz CT molecular complexity index is 380. The third kappa shape index (κ3) is 1.32. The molecule has 14 heavy (non-hydrogen) atoms. The number of hydrogen-bond acceptors (Lipinski definition) is 1. The maximum absolute atomic E-state index is 6.00. The fraction of sp³-hybridized carbons (Fsp3) is 0.385. The van der Waals surface area contributed by atoms with E-state index in [1.807, 2.05) is 12.1 Å². The van der Waals surface area contributed by atoms with Crippen LogP contribution in [-0.4, -0.2) is 6.04 Å². The van der Waals surface area contributed by atoms with Crippen LogP contribution in [0.4, 0.5) is 0 Å². The van der Waals surface area contributed by atoms with Gasteiger partial charge in [0.1, 0.15) is 0 Å². The van der Waals surface area contributed by atoms with Crippen molar-refractivity contribution in [1.29, 1.82) is 0 Å². The quantitative estimate of drug-likeness (QED) is 0.701. The van der Waals surface area contributed by atoms with E-state index in [0.29, 0.717) is 0 Å². The molecular formula is C13H15N. The Labute approximate surface area is 85.3 Å². The van der Waals surface area contributed by atoms with Crippen molar-refractivity contribution in [3.63, 3.8) is 0 Å². The maximum Gasteiger partial charge on any atom is 0.0245 e. The molecule has 0 aromatic heterocycles. The van der Waals surface area contributed by atoms with Gasteiger partial charge in [0.25, 0.3) is 0 Å². The highest BCUT2D eigenvalue weighted by Gasteiger charge is 2.47. The lowest BCUT2D eigenvalue weighted by Crippen LogP contribution is -2.31. The van der Waals surface area contributed by atoms with E-state index in [2.05, 4.69) is 25.0 Å². The first-order valence-corrected chi connectivity index (χ1v) is 5.02. The van der Waals surface area contributed by atoms with E-state index in [1.165, 1.54) is 18.4 Å². The molecule has 2 rings (SSSR count). The number of benzene rings is 1. The lowest BCUT2D eigenvalue weighted by molar-refractivity contribution is 0.556. The molecule has 1 aromatic rings. The van der Waals surface area contributed by atoms with Gasteiger partial charge in [-0.15, -0.1) is 6.42 Å². The first kappa shape index (κ1) is 9.30. The van der Waals surface area contributed by atoms with Crippen LogP contribution in [-0.2, 0) is 5.41 Å². The van der Waals surface area contributed by atoms with Gasteiger partial charge in [0, 0.05) is 17.0 Å². The molecule has 1 heteroatoms. The van der Waals surface area contributed by atoms with Gasteiger partial charge in [-0.3, -0.25) is 0 Å². The highest BCUT2D eigenvalue weighted by Crippen LogP contribution is 2.50. The summed E-state index contributed by atoms with van der Waals surface area (Å²) in [4.78, 5) is 0. The molecule has 1 aliphatic carbocycles. The summed E-state index contributed by atoms with van der Waals surface area (Å²) >= 11 is 0. The largest absolute Gasteiger partial charge is 0.327 e. The van der Waals surface area contributed by atoms with Crippen molar-refractivity contribution in [1.82, 2.24) is 0 Å². The molecular weight excluding hydrogens is 170 g/mol. The van der Waals surface area contributed by atoms with Gasteiger partial charge < -0.3 is 5.73 Å². The van der Waals surface area contributed by atoms with E-state index < -0.39 is 0 Å². The first-order valence-electron chi connectivity index (χ1n) is 5.02. The number of rotatable bonds is 2. The monoisotopic (exact) mass is 185 g/mol. The lowest BCUT2D eigenvalue weighted by Gasteiger charge is -2.20. The molecule has 1 aromatic carbocycles. The van der Waals surface area contributed by atoms with Crippen LogP contribution in [0.25, 0.3) is 0 Å². The zero-order valence-corrected chi connectivity index (χ0v) is 8.46. The molecule has 0 saturated heterocycles. The number of hydrogen-bond donors (Lipinski definition) is 1. The topological polar surface area (TPSA) is 26.0 Å². The fourth-order valence-electron chi connectivity index (χ4n) is 2.06. The summed E-state index contributed by atoms with van der Waals surface area (Å²) in [5.41, 5.74) is 8.48. The molecule has 1 atom stereocenters. The van der Waals surface area contributed by atoms with Crippen LogP contribution in [0.15, 0.2) is 24.3 Å². The summed E-state index contributed by atoms with van der Waals surface area (Å²) in [7, 11) is 0. The van der Waals surface area contributed by atoms with Crippen molar-refractivity contribution in [3.8, 4) is 12.3 Å². The Morgan fingerprint density at radius 3 is 2.71 bits per heavy atom. The molecule has 0 bridgehead atoms. The normalized spacial score (nSPS) is 19.8. The van der Waals surface area contributed by atoms with Crippen LogP contribution in [0.5, 0.6) is 0 Å². The Kier molecular flexibility index (Phi) is 2.09. The van der Waals surface area contributed by atoms with Gasteiger partial charge in [0.05, 0.1) is 0 Å². The van der Waals surface area contributed by atoms with Crippen LogP contribution < -0.4 is 5.73 Å². The molecule has 1 unspecified atom stereocenters. The lowest BCUT2D eigenvalue weighted by atomic mass is 9.88. The smallest absolute Gasteiger partial charge is 0.0245 e. The Morgan fingerprint density at radius 1 is 1.50 bits per heavy atom. The van der Waals surface area contributed by atoms with E-state index in [9.17, 15) is 0 Å². The highest BCUT2D eigenvalue weighted by molar-refractivity contribution is 5.41. The van der Waals surface area contributed by atoms with E-state index in [1.54, 1.807) is 0 Å². The summed E-state index contributed by atoms with van der Waals surface area (Å²) in [5.74, 6) is 2.67. The van der Waals surface area contributed by atoms with Crippen molar-refractivity contribution in [2.75, 3.05) is 0 Å². The van der Waals surface area contributed by atoms with Crippen LogP contribution in [0.3, 0.4) is 0 Å². The van der Waals surface area contributed by atoms with Crippen LogP contribution in [0.2, 0.25) is 0 Å². The molecule has 1 fully saturated rings. The second-order valence-electron chi connectivity index (χ2n) is 4.17. The van der Waals surface area contributed by atoms with Gasteiger partial charge in [0.15, 0.2) is 0 Å². The minimum absolute atomic E-state index is 0.215. The molecule has 0 spiro atoms. The maximum atomic E-state index is 6.00. The van der Waals surface area contributed by atoms with E-state index >= 15 is 0 Å². The standard InChI is InChI=1S/C13H15N/c1-3-11-5-4-6-12(9-11)13(7-8-13)10(2)14/h1,4-6,9-10H,7-8,14H2,2H3. The van der Waals surface area contributed by atoms with Crippen molar-refractivity contribution in [2.45, 2.75) is 31.2 Å². The van der Waals surface area contributed by atoms with E-state index in [0.717, 1.165) is 5.56 Å². The highest BCUT2D eigenvalue weighted by atomic mass is 14.7. The molecule has 0 amide bonds. The van der Waals surface area contributed by atoms with Gasteiger partial charge in [0.2, 0.25) is 0 Å². The molecule has 72 valence electrons. The second-order valence-corrected chi connectivity index (χ2v) is 4.17. The average molecular weight is 185 g/mol. The fourth-order valence-corrected chi connectivity index (χ4v) is 2.06. The van der Waals surface area contributed by atoms with Crippen molar-refractivity contribution >= 4 is 0 Å². The molecule has 0 radical (unpaired) electrons. The third-order valence-corrected chi connectivity index (χ3v) is 3.26. The summed E-state index contributed by atoms with van der Waals surface area (Å²) in [6.07, 6.45) is 7.76. The minimum Gasteiger partial charge on any atom is -0.327 e. The van der Waals surface area contributed by atoms with Crippen molar-refractivity contribution in [3.05, 3.63) is 35.4 Å². The van der Waals surface area contributed by atoms with Gasteiger partial charge >= 0.3 is 0 Å². The van der Waals surface area contributed by atoms with Crippen LogP contribution in [0, 0.1) is 12.3 Å². The van der Waals surface area contributed by atoms with Crippen LogP contribution >= 0.6 is 0 Å². The predicted molar refractivity (Wildman–Crippen MR) is 58.9 cm³/mol. The summed E-state index contributed by atoms with van der Waals surface area (Å²) in [6, 6.07) is 8.43. The first-order chi connectivity index (χ1) is 6.69. The third-order valence-electron chi connectivity index (χ3n) is 3.26. The van der Waals surface area contributed by atoms with Crippen molar-refractivity contribution in [2.24, 2.45) is 5.73 Å². The van der Waals surface area contributed by atoms with Crippen molar-refractivity contribution < 1.29 is 0 Å². The molecule has 1 aliphatic rings. The van der Waals surface area contributed by atoms with Gasteiger partial charge in [-0.1, -0.05) is 18.1 Å². The SMILES string of the molecule is C#Cc1cccc(C2(C(C)N)CC2)c1. The summed E-state index contributed by atoms with van der Waals surface area (Å²) in [5, 5.41) is 0. The molecule has 1 saturated carbocycles. The number of nitrogens with two attached hydrogens (primary N) is 1. The summed E-state index contributed by atoms with van der Waals surface area (Å²) < 4.78 is 0. The summed E-state index contributed by atoms with van der Waals surface area (Å²) in [6.45, 7) is 2.08. The Morgan fingerprint density at radius 2 is 2.21 bits per heavy atom. The molecule has 2 N–H and O–H groups in total. The van der Waals surface area contributed by atoms with E-state index in [-0.39, 0.29) is 11.5 Å². The molecule has 0 heterocycles. The van der Waals surface area contributed by atoms with E-state index in [4.69, 9.17) is 12.2 Å². The Hall–Kier alpha value is -1.26. The minimum atomic E-state index is 0.215. The van der Waals surface area contributed by atoms with Gasteiger partial charge in [-0.25, -0.2) is 0 Å². The zero-order chi connectivity index (χ0) is 10.2. The molecule has 1 nitrogen and oxygen atoms in total. The molecule has 0 aliphatic heterocycles. The second kappa shape index (κ2) is 3.15. The zero-order valence-electron chi connectivity index (χ0n) is 8.46. The average Bonchev–Trinajstić information content (AvgIpc) is 2.98. The predicted octanol–water partition coefficient (Wildman–Crippen LogP) is 2.05.